The Balaban J connectivity index is 1.71. The summed E-state index contributed by atoms with van der Waals surface area (Å²) < 4.78 is 0. The number of allylic oxidation sites excluding steroid dienone is 2. The molecule has 0 fully saturated rings. The van der Waals surface area contributed by atoms with Gasteiger partial charge in [0.05, 0.1) is 11.3 Å². The van der Waals surface area contributed by atoms with Crippen LogP contribution in [0.4, 0.5) is 0 Å². The molecule has 1 aliphatic carbocycles. The molecule has 0 bridgehead atoms. The third-order valence-corrected chi connectivity index (χ3v) is 5.25. The van der Waals surface area contributed by atoms with Crippen molar-refractivity contribution in [2.24, 2.45) is 0 Å². The van der Waals surface area contributed by atoms with Gasteiger partial charge in [0.2, 0.25) is 5.91 Å². The lowest BCUT2D eigenvalue weighted by atomic mass is 10.0. The van der Waals surface area contributed by atoms with Gasteiger partial charge in [0.1, 0.15) is 0 Å². The van der Waals surface area contributed by atoms with Crippen LogP contribution in [0.15, 0.2) is 53.2 Å². The van der Waals surface area contributed by atoms with Crippen LogP contribution in [-0.2, 0) is 4.79 Å². The lowest BCUT2D eigenvalue weighted by Gasteiger charge is -2.26. The number of hydrogen-bond acceptors (Lipinski definition) is 3. The zero-order valence-corrected chi connectivity index (χ0v) is 14.3. The van der Waals surface area contributed by atoms with Crippen molar-refractivity contribution in [2.45, 2.75) is 37.5 Å². The minimum absolute atomic E-state index is 0.201. The van der Waals surface area contributed by atoms with Crippen molar-refractivity contribution in [3.63, 3.8) is 0 Å². The molecule has 0 aliphatic heterocycles. The Bertz CT molecular complexity index is 721. The van der Waals surface area contributed by atoms with Crippen molar-refractivity contribution >= 4 is 28.6 Å². The topological polar surface area (TPSA) is 33.2 Å². The van der Waals surface area contributed by atoms with E-state index in [-0.39, 0.29) is 5.91 Å². The van der Waals surface area contributed by atoms with E-state index in [2.05, 4.69) is 24.1 Å². The standard InChI is InChI=1S/C19H22N2OS/c1-2-21(15-8-4-3-5-9-15)19(22)14-23-18-12-13-20-17-11-7-6-10-16(17)18/h6-8,10-13H,2-5,9,14H2,1H3. The predicted molar refractivity (Wildman–Crippen MR) is 96.4 cm³/mol. The summed E-state index contributed by atoms with van der Waals surface area (Å²) in [7, 11) is 0. The Kier molecular flexibility index (Phi) is 5.34. The van der Waals surface area contributed by atoms with Gasteiger partial charge < -0.3 is 4.90 Å². The van der Waals surface area contributed by atoms with Crippen LogP contribution in [0, 0.1) is 0 Å². The molecule has 0 atom stereocenters. The average molecular weight is 326 g/mol. The normalized spacial score (nSPS) is 14.6. The molecule has 0 radical (unpaired) electrons. The van der Waals surface area contributed by atoms with Crippen LogP contribution in [0.3, 0.4) is 0 Å². The van der Waals surface area contributed by atoms with Gasteiger partial charge in [0.25, 0.3) is 0 Å². The van der Waals surface area contributed by atoms with E-state index in [1.807, 2.05) is 35.4 Å². The van der Waals surface area contributed by atoms with Gasteiger partial charge in [0.15, 0.2) is 0 Å². The number of para-hydroxylation sites is 1. The van der Waals surface area contributed by atoms with E-state index < -0.39 is 0 Å². The van der Waals surface area contributed by atoms with Gasteiger partial charge in [-0.3, -0.25) is 9.78 Å². The number of carbonyl (C=O) groups excluding carboxylic acids is 1. The summed E-state index contributed by atoms with van der Waals surface area (Å²) in [5.74, 6) is 0.672. The fourth-order valence-corrected chi connectivity index (χ4v) is 3.94. The van der Waals surface area contributed by atoms with Crippen LogP contribution in [0.5, 0.6) is 0 Å². The molecule has 1 aromatic carbocycles. The molecule has 0 saturated heterocycles. The van der Waals surface area contributed by atoms with Crippen molar-refractivity contribution in [2.75, 3.05) is 12.3 Å². The van der Waals surface area contributed by atoms with Gasteiger partial charge >= 0.3 is 0 Å². The summed E-state index contributed by atoms with van der Waals surface area (Å²) in [6, 6.07) is 10.1. The first-order valence-electron chi connectivity index (χ1n) is 8.25. The van der Waals surface area contributed by atoms with E-state index in [1.165, 1.54) is 18.5 Å². The quantitative estimate of drug-likeness (QED) is 0.751. The van der Waals surface area contributed by atoms with E-state index >= 15 is 0 Å². The number of carbonyl (C=O) groups is 1. The highest BCUT2D eigenvalue weighted by Gasteiger charge is 2.18. The molecule has 0 unspecified atom stereocenters. The molecule has 1 aromatic heterocycles. The van der Waals surface area contributed by atoms with Gasteiger partial charge in [0, 0.05) is 28.7 Å². The Morgan fingerprint density at radius 1 is 1.26 bits per heavy atom. The first kappa shape index (κ1) is 16.1. The largest absolute Gasteiger partial charge is 0.316 e. The number of pyridine rings is 1. The van der Waals surface area contributed by atoms with Crippen LogP contribution in [0.2, 0.25) is 0 Å². The third-order valence-electron chi connectivity index (χ3n) is 4.19. The molecule has 0 saturated carbocycles. The molecular weight excluding hydrogens is 304 g/mol. The Morgan fingerprint density at radius 3 is 2.91 bits per heavy atom. The average Bonchev–Trinajstić information content (AvgIpc) is 2.61. The molecule has 2 aromatic rings. The number of aromatic nitrogens is 1. The summed E-state index contributed by atoms with van der Waals surface area (Å²) >= 11 is 1.61. The van der Waals surface area contributed by atoms with Crippen LogP contribution in [-0.4, -0.2) is 28.1 Å². The third kappa shape index (κ3) is 3.75. The van der Waals surface area contributed by atoms with Gasteiger partial charge in [-0.1, -0.05) is 24.3 Å². The first-order valence-corrected chi connectivity index (χ1v) is 9.24. The SMILES string of the molecule is CCN(C(=O)CSc1ccnc2ccccc12)C1=CCCCC1. The summed E-state index contributed by atoms with van der Waals surface area (Å²) in [6.07, 6.45) is 8.61. The van der Waals surface area contributed by atoms with Crippen LogP contribution < -0.4 is 0 Å². The number of fused-ring (bicyclic) bond motifs is 1. The van der Waals surface area contributed by atoms with Crippen molar-refractivity contribution < 1.29 is 4.79 Å². The highest BCUT2D eigenvalue weighted by atomic mass is 32.2. The number of amides is 1. The molecule has 120 valence electrons. The number of benzene rings is 1. The molecule has 4 heteroatoms. The second kappa shape index (κ2) is 7.64. The fraction of sp³-hybridized carbons (Fsp3) is 0.368. The molecule has 3 rings (SSSR count). The Labute approximate surface area is 141 Å². The van der Waals surface area contributed by atoms with Gasteiger partial charge in [-0.2, -0.15) is 0 Å². The maximum absolute atomic E-state index is 12.6. The molecule has 1 aliphatic rings. The van der Waals surface area contributed by atoms with Crippen molar-refractivity contribution in [3.8, 4) is 0 Å². The number of nitrogens with zero attached hydrogens (tertiary/aromatic N) is 2. The Hall–Kier alpha value is -1.81. The lowest BCUT2D eigenvalue weighted by molar-refractivity contribution is -0.126. The molecule has 1 heterocycles. The van der Waals surface area contributed by atoms with Crippen molar-refractivity contribution in [1.29, 1.82) is 0 Å². The minimum atomic E-state index is 0.201. The second-order valence-electron chi connectivity index (χ2n) is 5.69. The van der Waals surface area contributed by atoms with Crippen LogP contribution in [0.1, 0.15) is 32.6 Å². The number of rotatable bonds is 5. The molecule has 3 nitrogen and oxygen atoms in total. The van der Waals surface area contributed by atoms with Crippen molar-refractivity contribution in [3.05, 3.63) is 48.3 Å². The lowest BCUT2D eigenvalue weighted by Crippen LogP contribution is -2.32. The smallest absolute Gasteiger partial charge is 0.237 e. The summed E-state index contributed by atoms with van der Waals surface area (Å²) in [5.41, 5.74) is 2.19. The van der Waals surface area contributed by atoms with Gasteiger partial charge in [-0.05, 0) is 44.7 Å². The molecule has 23 heavy (non-hydrogen) atoms. The van der Waals surface area contributed by atoms with Gasteiger partial charge in [-0.15, -0.1) is 11.8 Å². The molecule has 0 N–H and O–H groups in total. The van der Waals surface area contributed by atoms with Gasteiger partial charge in [-0.25, -0.2) is 0 Å². The Morgan fingerprint density at radius 2 is 2.13 bits per heavy atom. The maximum Gasteiger partial charge on any atom is 0.237 e. The van der Waals surface area contributed by atoms with E-state index in [1.54, 1.807) is 11.8 Å². The molecule has 1 amide bonds. The number of thioether (sulfide) groups is 1. The highest BCUT2D eigenvalue weighted by Crippen LogP contribution is 2.28. The second-order valence-corrected chi connectivity index (χ2v) is 6.71. The van der Waals surface area contributed by atoms with E-state index in [4.69, 9.17) is 0 Å². The molecular formula is C19H22N2OS. The summed E-state index contributed by atoms with van der Waals surface area (Å²) in [4.78, 5) is 20.1. The highest BCUT2D eigenvalue weighted by molar-refractivity contribution is 8.00. The minimum Gasteiger partial charge on any atom is -0.316 e. The van der Waals surface area contributed by atoms with Crippen LogP contribution >= 0.6 is 11.8 Å². The van der Waals surface area contributed by atoms with E-state index in [9.17, 15) is 4.79 Å². The zero-order valence-electron chi connectivity index (χ0n) is 13.5. The van der Waals surface area contributed by atoms with E-state index in [0.717, 1.165) is 35.2 Å². The number of hydrogen-bond donors (Lipinski definition) is 0. The monoisotopic (exact) mass is 326 g/mol. The predicted octanol–water partition coefficient (Wildman–Crippen LogP) is 4.63. The maximum atomic E-state index is 12.6. The van der Waals surface area contributed by atoms with Crippen LogP contribution in [0.25, 0.3) is 10.9 Å². The fourth-order valence-electron chi connectivity index (χ4n) is 3.02. The van der Waals surface area contributed by atoms with Crippen molar-refractivity contribution in [1.82, 2.24) is 9.88 Å². The molecule has 0 spiro atoms. The zero-order chi connectivity index (χ0) is 16.1. The summed E-state index contributed by atoms with van der Waals surface area (Å²) in [6.45, 7) is 2.81. The summed E-state index contributed by atoms with van der Waals surface area (Å²) in [5, 5.41) is 1.12. The van der Waals surface area contributed by atoms with E-state index in [0.29, 0.717) is 5.75 Å². The first-order chi connectivity index (χ1) is 11.3.